The molecule has 0 spiro atoms. The average molecular weight is 175 g/mol. The number of primary amides is 1. The normalized spacial score (nSPS) is 9.58. The first-order chi connectivity index (χ1) is 5.67. The summed E-state index contributed by atoms with van der Waals surface area (Å²) in [7, 11) is 0. The summed E-state index contributed by atoms with van der Waals surface area (Å²) in [5.74, 6) is -0.720. The van der Waals surface area contributed by atoms with Gasteiger partial charge in [-0.25, -0.2) is 0 Å². The molecule has 0 atom stereocenters. The second-order valence-corrected chi connectivity index (χ2v) is 2.24. The van der Waals surface area contributed by atoms with Crippen molar-refractivity contribution in [1.29, 1.82) is 0 Å². The maximum atomic E-state index is 10.7. The van der Waals surface area contributed by atoms with Crippen LogP contribution in [0.1, 0.15) is 6.42 Å². The van der Waals surface area contributed by atoms with Crippen molar-refractivity contribution < 1.29 is 20.1 Å². The SMILES string of the molecule is NC(=O)C(CCO)=C(CO)CO. The van der Waals surface area contributed by atoms with Crippen LogP contribution in [-0.4, -0.2) is 41.0 Å². The Hall–Kier alpha value is -0.910. The van der Waals surface area contributed by atoms with Gasteiger partial charge >= 0.3 is 0 Å². The highest BCUT2D eigenvalue weighted by atomic mass is 16.3. The summed E-state index contributed by atoms with van der Waals surface area (Å²) in [6.45, 7) is -1.08. The van der Waals surface area contributed by atoms with Gasteiger partial charge in [0, 0.05) is 18.6 Å². The molecule has 0 aliphatic rings. The van der Waals surface area contributed by atoms with E-state index < -0.39 is 19.1 Å². The number of nitrogens with two attached hydrogens (primary N) is 1. The van der Waals surface area contributed by atoms with Gasteiger partial charge in [0.15, 0.2) is 0 Å². The van der Waals surface area contributed by atoms with E-state index in [9.17, 15) is 4.79 Å². The van der Waals surface area contributed by atoms with E-state index in [2.05, 4.69) is 0 Å². The lowest BCUT2D eigenvalue weighted by Crippen LogP contribution is -2.19. The largest absolute Gasteiger partial charge is 0.396 e. The highest BCUT2D eigenvalue weighted by Gasteiger charge is 2.10. The van der Waals surface area contributed by atoms with Gasteiger partial charge in [-0.05, 0) is 5.57 Å². The van der Waals surface area contributed by atoms with Crippen molar-refractivity contribution in [2.45, 2.75) is 6.42 Å². The third kappa shape index (κ3) is 3.00. The van der Waals surface area contributed by atoms with E-state index in [0.29, 0.717) is 0 Å². The topological polar surface area (TPSA) is 104 Å². The highest BCUT2D eigenvalue weighted by Crippen LogP contribution is 2.06. The molecule has 0 aromatic carbocycles. The van der Waals surface area contributed by atoms with E-state index in [0.717, 1.165) is 0 Å². The standard InChI is InChI=1S/C7H13NO4/c8-7(12)6(1-2-9)5(3-10)4-11/h9-11H,1-4H2,(H2,8,12). The molecule has 5 heteroatoms. The van der Waals surface area contributed by atoms with Gasteiger partial charge < -0.3 is 21.1 Å². The summed E-state index contributed by atoms with van der Waals surface area (Å²) < 4.78 is 0. The molecule has 0 bridgehead atoms. The molecule has 0 aromatic rings. The second kappa shape index (κ2) is 5.70. The van der Waals surface area contributed by atoms with Crippen LogP contribution in [0.3, 0.4) is 0 Å². The Kier molecular flexibility index (Phi) is 5.27. The second-order valence-electron chi connectivity index (χ2n) is 2.24. The van der Waals surface area contributed by atoms with Crippen LogP contribution in [0.4, 0.5) is 0 Å². The zero-order valence-electron chi connectivity index (χ0n) is 6.66. The lowest BCUT2D eigenvalue weighted by molar-refractivity contribution is -0.114. The number of aliphatic hydroxyl groups is 3. The van der Waals surface area contributed by atoms with Crippen LogP contribution in [0.25, 0.3) is 0 Å². The molecule has 5 nitrogen and oxygen atoms in total. The predicted molar refractivity (Wildman–Crippen MR) is 42.1 cm³/mol. The monoisotopic (exact) mass is 175 g/mol. The van der Waals surface area contributed by atoms with Crippen molar-refractivity contribution in [2.24, 2.45) is 5.73 Å². The van der Waals surface area contributed by atoms with Crippen LogP contribution in [0.15, 0.2) is 11.1 Å². The zero-order valence-corrected chi connectivity index (χ0v) is 6.66. The summed E-state index contributed by atoms with van der Waals surface area (Å²) in [5.41, 5.74) is 5.21. The number of amides is 1. The van der Waals surface area contributed by atoms with E-state index in [1.807, 2.05) is 0 Å². The third-order valence-corrected chi connectivity index (χ3v) is 1.47. The Morgan fingerprint density at radius 3 is 1.92 bits per heavy atom. The van der Waals surface area contributed by atoms with Crippen molar-refractivity contribution in [2.75, 3.05) is 19.8 Å². The molecule has 0 aliphatic heterocycles. The Labute approximate surface area is 70.1 Å². The van der Waals surface area contributed by atoms with Gasteiger partial charge in [-0.1, -0.05) is 0 Å². The summed E-state index contributed by atoms with van der Waals surface area (Å²) in [6, 6.07) is 0. The van der Waals surface area contributed by atoms with Crippen LogP contribution in [-0.2, 0) is 4.79 Å². The third-order valence-electron chi connectivity index (χ3n) is 1.47. The quantitative estimate of drug-likeness (QED) is 0.368. The molecule has 70 valence electrons. The fourth-order valence-electron chi connectivity index (χ4n) is 0.827. The van der Waals surface area contributed by atoms with Crippen molar-refractivity contribution in [1.82, 2.24) is 0 Å². The van der Waals surface area contributed by atoms with Crippen molar-refractivity contribution in [3.63, 3.8) is 0 Å². The first kappa shape index (κ1) is 11.1. The number of carbonyl (C=O) groups is 1. The fraction of sp³-hybridized carbons (Fsp3) is 0.571. The molecule has 0 unspecified atom stereocenters. The Morgan fingerprint density at radius 2 is 1.67 bits per heavy atom. The van der Waals surface area contributed by atoms with Gasteiger partial charge in [-0.2, -0.15) is 0 Å². The minimum atomic E-state index is -0.720. The van der Waals surface area contributed by atoms with Crippen molar-refractivity contribution in [3.8, 4) is 0 Å². The first-order valence-electron chi connectivity index (χ1n) is 3.50. The van der Waals surface area contributed by atoms with Gasteiger partial charge in [-0.3, -0.25) is 4.79 Å². The lowest BCUT2D eigenvalue weighted by Gasteiger charge is -2.06. The number of aliphatic hydroxyl groups excluding tert-OH is 3. The Morgan fingerprint density at radius 1 is 1.17 bits per heavy atom. The smallest absolute Gasteiger partial charge is 0.244 e. The molecule has 0 heterocycles. The first-order valence-corrected chi connectivity index (χ1v) is 3.50. The molecule has 0 rings (SSSR count). The molecule has 0 saturated heterocycles. The molecular weight excluding hydrogens is 162 g/mol. The Bertz CT molecular complexity index is 182. The highest BCUT2D eigenvalue weighted by molar-refractivity contribution is 5.92. The molecule has 12 heavy (non-hydrogen) atoms. The number of carbonyl (C=O) groups excluding carboxylic acids is 1. The van der Waals surface area contributed by atoms with E-state index >= 15 is 0 Å². The fourth-order valence-corrected chi connectivity index (χ4v) is 0.827. The van der Waals surface area contributed by atoms with Crippen molar-refractivity contribution in [3.05, 3.63) is 11.1 Å². The summed E-state index contributed by atoms with van der Waals surface area (Å²) in [6.07, 6.45) is 0.0613. The molecule has 0 fully saturated rings. The lowest BCUT2D eigenvalue weighted by atomic mass is 10.1. The Balaban J connectivity index is 4.63. The maximum Gasteiger partial charge on any atom is 0.244 e. The van der Waals surface area contributed by atoms with Gasteiger partial charge in [0.25, 0.3) is 0 Å². The molecule has 0 radical (unpaired) electrons. The van der Waals surface area contributed by atoms with Gasteiger partial charge in [0.05, 0.1) is 13.2 Å². The van der Waals surface area contributed by atoms with E-state index in [-0.39, 0.29) is 24.2 Å². The zero-order chi connectivity index (χ0) is 9.56. The molecule has 0 aromatic heterocycles. The number of hydrogen-bond acceptors (Lipinski definition) is 4. The minimum Gasteiger partial charge on any atom is -0.396 e. The molecular formula is C7H13NO4. The van der Waals surface area contributed by atoms with Gasteiger partial charge in [0.2, 0.25) is 5.91 Å². The van der Waals surface area contributed by atoms with Crippen LogP contribution in [0.2, 0.25) is 0 Å². The molecule has 1 amide bonds. The van der Waals surface area contributed by atoms with Crippen LogP contribution < -0.4 is 5.73 Å². The predicted octanol–water partition coefficient (Wildman–Crippen LogP) is -1.86. The molecule has 0 aliphatic carbocycles. The van der Waals surface area contributed by atoms with E-state index in [1.165, 1.54) is 0 Å². The van der Waals surface area contributed by atoms with Crippen LogP contribution in [0, 0.1) is 0 Å². The number of hydrogen-bond donors (Lipinski definition) is 4. The van der Waals surface area contributed by atoms with E-state index in [1.54, 1.807) is 0 Å². The minimum absolute atomic E-state index is 0.0613. The summed E-state index contributed by atoms with van der Waals surface area (Å²) in [4.78, 5) is 10.7. The van der Waals surface area contributed by atoms with Crippen molar-refractivity contribution >= 4 is 5.91 Å². The molecule has 0 saturated carbocycles. The van der Waals surface area contributed by atoms with Gasteiger partial charge in [-0.15, -0.1) is 0 Å². The van der Waals surface area contributed by atoms with Crippen LogP contribution in [0.5, 0.6) is 0 Å². The average Bonchev–Trinajstić information content (AvgIpc) is 2.05. The summed E-state index contributed by atoms with van der Waals surface area (Å²) in [5, 5.41) is 25.8. The number of rotatable bonds is 5. The maximum absolute atomic E-state index is 10.7. The van der Waals surface area contributed by atoms with E-state index in [4.69, 9.17) is 21.1 Å². The molecule has 5 N–H and O–H groups in total. The van der Waals surface area contributed by atoms with Gasteiger partial charge in [0.1, 0.15) is 0 Å². The van der Waals surface area contributed by atoms with Crippen LogP contribution >= 0.6 is 0 Å². The summed E-state index contributed by atoms with van der Waals surface area (Å²) >= 11 is 0.